The zero-order valence-corrected chi connectivity index (χ0v) is 24.8. The van der Waals surface area contributed by atoms with E-state index in [1.165, 1.54) is 16.2 Å². The third-order valence-corrected chi connectivity index (χ3v) is 9.34. The average Bonchev–Trinajstić information content (AvgIpc) is 3.66. The molecule has 0 aliphatic rings. The lowest BCUT2D eigenvalue weighted by Gasteiger charge is -2.11. The van der Waals surface area contributed by atoms with Crippen molar-refractivity contribution >= 4 is 65.2 Å². The van der Waals surface area contributed by atoms with Gasteiger partial charge in [-0.25, -0.2) is 0 Å². The second kappa shape index (κ2) is 9.69. The third-order valence-electron chi connectivity index (χ3n) is 9.34. The second-order valence-corrected chi connectivity index (χ2v) is 11.9. The molecular weight excluding hydrogens is 556 g/mol. The van der Waals surface area contributed by atoms with Crippen LogP contribution in [0.4, 0.5) is 0 Å². The molecule has 0 saturated heterocycles. The lowest BCUT2D eigenvalue weighted by Crippen LogP contribution is -1.96. The molecule has 0 unspecified atom stereocenters. The van der Waals surface area contributed by atoms with Gasteiger partial charge >= 0.3 is 0 Å². The molecule has 2 heteroatoms. The van der Waals surface area contributed by atoms with Crippen molar-refractivity contribution in [3.05, 3.63) is 170 Å². The van der Waals surface area contributed by atoms with Gasteiger partial charge in [0.1, 0.15) is 0 Å². The number of para-hydroxylation sites is 2. The Morgan fingerprint density at radius 2 is 1.00 bits per heavy atom. The molecule has 0 amide bonds. The normalized spacial score (nSPS) is 13.1. The van der Waals surface area contributed by atoms with Crippen LogP contribution in [0.5, 0.6) is 0 Å². The van der Waals surface area contributed by atoms with Gasteiger partial charge in [-0.05, 0) is 87.2 Å². The van der Waals surface area contributed by atoms with Crippen molar-refractivity contribution in [3.63, 3.8) is 0 Å². The predicted octanol–water partition coefficient (Wildman–Crippen LogP) is 11.9. The van der Waals surface area contributed by atoms with Crippen molar-refractivity contribution in [2.45, 2.75) is 0 Å². The van der Waals surface area contributed by atoms with Crippen LogP contribution in [0.2, 0.25) is 0 Å². The molecule has 2 heterocycles. The van der Waals surface area contributed by atoms with Gasteiger partial charge < -0.3 is 9.13 Å². The fourth-order valence-electron chi connectivity index (χ4n) is 7.25. The van der Waals surface area contributed by atoms with Crippen LogP contribution in [-0.4, -0.2) is 9.13 Å². The van der Waals surface area contributed by atoms with Crippen molar-refractivity contribution < 1.29 is 5.48 Å². The summed E-state index contributed by atoms with van der Waals surface area (Å²) in [7, 11) is 0. The summed E-state index contributed by atoms with van der Waals surface area (Å²) in [6, 6.07) is 49.1. The Bertz CT molecular complexity index is 3000. The highest BCUT2D eigenvalue weighted by atomic mass is 15.0. The molecule has 0 spiro atoms. The molecule has 0 atom stereocenters. The Morgan fingerprint density at radius 3 is 1.85 bits per heavy atom. The minimum absolute atomic E-state index is 0.0619. The number of rotatable bonds is 3. The van der Waals surface area contributed by atoms with E-state index in [4.69, 9.17) is 0 Å². The second-order valence-electron chi connectivity index (χ2n) is 11.9. The van der Waals surface area contributed by atoms with Crippen LogP contribution in [0.25, 0.3) is 87.7 Å². The summed E-state index contributed by atoms with van der Waals surface area (Å²) in [6.07, 6.45) is 0. The first kappa shape index (κ1) is 21.6. The van der Waals surface area contributed by atoms with E-state index in [2.05, 4.69) is 71.3 Å². The van der Waals surface area contributed by atoms with Gasteiger partial charge in [0.15, 0.2) is 0 Å². The minimum Gasteiger partial charge on any atom is -0.309 e. The summed E-state index contributed by atoms with van der Waals surface area (Å²) in [5.74, 6) is 0. The zero-order chi connectivity index (χ0) is 33.7. The first-order valence-corrected chi connectivity index (χ1v) is 15.5. The van der Waals surface area contributed by atoms with Crippen LogP contribution in [0.15, 0.2) is 170 Å². The molecule has 10 rings (SSSR count). The van der Waals surface area contributed by atoms with Gasteiger partial charge in [-0.3, -0.25) is 0 Å². The Labute approximate surface area is 271 Å². The van der Waals surface area contributed by atoms with E-state index in [0.29, 0.717) is 11.1 Å². The molecule has 46 heavy (non-hydrogen) atoms. The molecule has 0 fully saturated rings. The van der Waals surface area contributed by atoms with Crippen molar-refractivity contribution in [2.24, 2.45) is 0 Å². The van der Waals surface area contributed by atoms with Crippen LogP contribution in [0.1, 0.15) is 5.48 Å². The SMILES string of the molecule is [2H]c1c([2H])c(-n2c3ccccc3c3cc4c5c6ccccc6ccc5n(-c5ccccc5)c4cc32)c([2H])c([2H])c1-c1ccc2ccccc2c1. The molecule has 10 aromatic rings. The summed E-state index contributed by atoms with van der Waals surface area (Å²) in [5.41, 5.74) is 5.98. The molecule has 0 N–H and O–H groups in total. The van der Waals surface area contributed by atoms with Gasteiger partial charge in [-0.15, -0.1) is 0 Å². The van der Waals surface area contributed by atoms with Crippen LogP contribution >= 0.6 is 0 Å². The highest BCUT2D eigenvalue weighted by molar-refractivity contribution is 6.25. The van der Waals surface area contributed by atoms with E-state index in [9.17, 15) is 5.48 Å². The molecule has 0 aliphatic heterocycles. The smallest absolute Gasteiger partial charge is 0.0645 e. The quantitative estimate of drug-likeness (QED) is 0.194. The third kappa shape index (κ3) is 3.65. The molecule has 214 valence electrons. The molecule has 0 aliphatic carbocycles. The first-order chi connectivity index (χ1) is 24.5. The molecule has 2 nitrogen and oxygen atoms in total. The maximum atomic E-state index is 9.41. The summed E-state index contributed by atoms with van der Waals surface area (Å²) in [6.45, 7) is 0. The Kier molecular flexibility index (Phi) is 4.54. The maximum absolute atomic E-state index is 9.41. The van der Waals surface area contributed by atoms with Crippen LogP contribution < -0.4 is 0 Å². The van der Waals surface area contributed by atoms with Gasteiger partial charge in [0.05, 0.1) is 27.5 Å². The average molecular weight is 589 g/mol. The number of hydrogen-bond acceptors (Lipinski definition) is 0. The number of benzene rings is 8. The predicted molar refractivity (Wildman–Crippen MR) is 196 cm³/mol. The number of fused-ring (bicyclic) bond motifs is 9. The fraction of sp³-hybridized carbons (Fsp3) is 0. The van der Waals surface area contributed by atoms with Gasteiger partial charge in [0, 0.05) is 32.9 Å². The monoisotopic (exact) mass is 588 g/mol. The summed E-state index contributed by atoms with van der Waals surface area (Å²) in [4.78, 5) is 0. The zero-order valence-electron chi connectivity index (χ0n) is 28.8. The number of hydrogen-bond donors (Lipinski definition) is 0. The Hall–Kier alpha value is -6.12. The Morgan fingerprint density at radius 1 is 0.348 bits per heavy atom. The highest BCUT2D eigenvalue weighted by Gasteiger charge is 2.19. The van der Waals surface area contributed by atoms with Crippen LogP contribution in [0, 0.1) is 0 Å². The van der Waals surface area contributed by atoms with E-state index < -0.39 is 0 Å². The first-order valence-electron chi connectivity index (χ1n) is 17.5. The minimum atomic E-state index is -0.0773. The van der Waals surface area contributed by atoms with Crippen molar-refractivity contribution in [1.82, 2.24) is 9.13 Å². The molecule has 0 saturated carbocycles. The largest absolute Gasteiger partial charge is 0.309 e. The lowest BCUT2D eigenvalue weighted by molar-refractivity contribution is 1.16. The topological polar surface area (TPSA) is 9.86 Å². The number of aromatic nitrogens is 2. The van der Waals surface area contributed by atoms with E-state index in [1.807, 2.05) is 83.4 Å². The van der Waals surface area contributed by atoms with Crippen LogP contribution in [-0.2, 0) is 0 Å². The molecule has 0 bridgehead atoms. The molecular formula is C44H28N2. The molecule has 0 radical (unpaired) electrons. The lowest BCUT2D eigenvalue weighted by atomic mass is 10.0. The van der Waals surface area contributed by atoms with E-state index in [1.54, 1.807) is 0 Å². The highest BCUT2D eigenvalue weighted by Crippen LogP contribution is 2.42. The number of nitrogens with zero attached hydrogens (tertiary/aromatic N) is 2. The van der Waals surface area contributed by atoms with Gasteiger partial charge in [0.2, 0.25) is 0 Å². The van der Waals surface area contributed by atoms with Gasteiger partial charge in [0.25, 0.3) is 0 Å². The van der Waals surface area contributed by atoms with E-state index in [0.717, 1.165) is 54.7 Å². The van der Waals surface area contributed by atoms with Crippen molar-refractivity contribution in [3.8, 4) is 22.5 Å². The fourth-order valence-corrected chi connectivity index (χ4v) is 7.25. The molecule has 2 aromatic heterocycles. The molecule has 8 aromatic carbocycles. The summed E-state index contributed by atoms with van der Waals surface area (Å²) in [5, 5.41) is 8.65. The summed E-state index contributed by atoms with van der Waals surface area (Å²) >= 11 is 0. The Balaban J connectivity index is 1.33. The van der Waals surface area contributed by atoms with E-state index >= 15 is 0 Å². The van der Waals surface area contributed by atoms with Gasteiger partial charge in [-0.1, -0.05) is 115 Å². The van der Waals surface area contributed by atoms with Crippen molar-refractivity contribution in [2.75, 3.05) is 0 Å². The maximum Gasteiger partial charge on any atom is 0.0645 e. The van der Waals surface area contributed by atoms with Crippen LogP contribution in [0.3, 0.4) is 0 Å². The van der Waals surface area contributed by atoms with E-state index in [-0.39, 0.29) is 29.9 Å². The van der Waals surface area contributed by atoms with Gasteiger partial charge in [-0.2, -0.15) is 0 Å². The summed E-state index contributed by atoms with van der Waals surface area (Å²) < 4.78 is 41.6. The van der Waals surface area contributed by atoms with Crippen molar-refractivity contribution in [1.29, 1.82) is 0 Å². The standard InChI is InChI=1S/C44H28N2/c1-2-13-34(14-3-1)46-41-25-22-31-11-6-7-15-36(31)44(41)39-27-38-37-16-8-9-17-40(37)45(42(38)28-43(39)46)35-23-20-30(21-24-35)33-19-18-29-10-4-5-12-32(29)26-33/h1-28H/i20D,21D,23D,24D.